The standard InChI is InChI=1S/C14H19BrN2O2/c1-2-5-17-6-7-19-14(10-17)13(18)8-12-4-3-11(15)9-16-12/h3-4,9,14H,2,5-8,10H2,1H3. The molecule has 1 aromatic heterocycles. The van der Waals surface area contributed by atoms with Gasteiger partial charge in [0.1, 0.15) is 6.10 Å². The van der Waals surface area contributed by atoms with Gasteiger partial charge in [-0.15, -0.1) is 0 Å². The summed E-state index contributed by atoms with van der Waals surface area (Å²) in [5, 5.41) is 0. The highest BCUT2D eigenvalue weighted by Gasteiger charge is 2.26. The molecule has 2 rings (SSSR count). The Hall–Kier alpha value is -0.780. The Labute approximate surface area is 122 Å². The highest BCUT2D eigenvalue weighted by Crippen LogP contribution is 2.11. The molecule has 1 aromatic rings. The van der Waals surface area contributed by atoms with Crippen molar-refractivity contribution >= 4 is 21.7 Å². The zero-order valence-corrected chi connectivity index (χ0v) is 12.7. The molecule has 0 bridgehead atoms. The van der Waals surface area contributed by atoms with E-state index in [9.17, 15) is 4.79 Å². The number of pyridine rings is 1. The third-order valence-electron chi connectivity index (χ3n) is 3.19. The first-order valence-electron chi connectivity index (χ1n) is 6.66. The molecule has 0 saturated carbocycles. The molecular weight excluding hydrogens is 308 g/mol. The Bertz CT molecular complexity index is 420. The van der Waals surface area contributed by atoms with E-state index < -0.39 is 0 Å². The Morgan fingerprint density at radius 3 is 3.11 bits per heavy atom. The molecule has 1 unspecified atom stereocenters. The summed E-state index contributed by atoms with van der Waals surface area (Å²) in [5.74, 6) is 0.121. The number of ether oxygens (including phenoxy) is 1. The molecule has 1 fully saturated rings. The minimum atomic E-state index is -0.300. The number of Topliss-reactive ketones (excluding diaryl/α,β-unsaturated/α-hetero) is 1. The van der Waals surface area contributed by atoms with Crippen LogP contribution in [0.4, 0.5) is 0 Å². The number of hydrogen-bond acceptors (Lipinski definition) is 4. The van der Waals surface area contributed by atoms with Crippen molar-refractivity contribution in [2.75, 3.05) is 26.2 Å². The number of aromatic nitrogens is 1. The fourth-order valence-corrected chi connectivity index (χ4v) is 2.45. The van der Waals surface area contributed by atoms with E-state index in [1.807, 2.05) is 12.1 Å². The number of carbonyl (C=O) groups is 1. The maximum atomic E-state index is 12.2. The van der Waals surface area contributed by atoms with Crippen LogP contribution in [0.2, 0.25) is 0 Å². The van der Waals surface area contributed by atoms with E-state index in [2.05, 4.69) is 32.7 Å². The fourth-order valence-electron chi connectivity index (χ4n) is 2.22. The van der Waals surface area contributed by atoms with E-state index in [1.165, 1.54) is 0 Å². The molecule has 1 saturated heterocycles. The SMILES string of the molecule is CCCN1CCOC(C(=O)Cc2ccc(Br)cn2)C1. The lowest BCUT2D eigenvalue weighted by Gasteiger charge is -2.31. The van der Waals surface area contributed by atoms with E-state index in [0.29, 0.717) is 19.6 Å². The molecule has 0 N–H and O–H groups in total. The third-order valence-corrected chi connectivity index (χ3v) is 3.66. The van der Waals surface area contributed by atoms with E-state index in [1.54, 1.807) is 6.20 Å². The number of nitrogens with zero attached hydrogens (tertiary/aromatic N) is 2. The summed E-state index contributed by atoms with van der Waals surface area (Å²) in [6.45, 7) is 5.46. The Morgan fingerprint density at radius 2 is 2.42 bits per heavy atom. The monoisotopic (exact) mass is 326 g/mol. The molecule has 4 nitrogen and oxygen atoms in total. The Kier molecular flexibility index (Phi) is 5.48. The molecule has 0 radical (unpaired) electrons. The summed E-state index contributed by atoms with van der Waals surface area (Å²) in [6.07, 6.45) is 2.87. The summed E-state index contributed by atoms with van der Waals surface area (Å²) < 4.78 is 6.51. The molecular formula is C14H19BrN2O2. The lowest BCUT2D eigenvalue weighted by molar-refractivity contribution is -0.135. The summed E-state index contributed by atoms with van der Waals surface area (Å²) in [7, 11) is 0. The van der Waals surface area contributed by atoms with Gasteiger partial charge in [0.2, 0.25) is 0 Å². The second kappa shape index (κ2) is 7.12. The number of morpholine rings is 1. The summed E-state index contributed by atoms with van der Waals surface area (Å²) in [6, 6.07) is 3.77. The molecule has 0 aliphatic carbocycles. The molecule has 5 heteroatoms. The van der Waals surface area contributed by atoms with Crippen LogP contribution in [0.5, 0.6) is 0 Å². The minimum Gasteiger partial charge on any atom is -0.368 e. The zero-order chi connectivity index (χ0) is 13.7. The van der Waals surface area contributed by atoms with Crippen molar-refractivity contribution in [2.24, 2.45) is 0 Å². The van der Waals surface area contributed by atoms with Crippen LogP contribution in [-0.2, 0) is 16.0 Å². The van der Waals surface area contributed by atoms with Gasteiger partial charge in [0, 0.05) is 29.5 Å². The maximum Gasteiger partial charge on any atom is 0.168 e. The first kappa shape index (κ1) is 14.6. The van der Waals surface area contributed by atoms with Crippen LogP contribution in [0, 0.1) is 0 Å². The molecule has 0 amide bonds. The van der Waals surface area contributed by atoms with Crippen molar-refractivity contribution in [3.63, 3.8) is 0 Å². The van der Waals surface area contributed by atoms with E-state index >= 15 is 0 Å². The fraction of sp³-hybridized carbons (Fsp3) is 0.571. The van der Waals surface area contributed by atoms with Gasteiger partial charge in [-0.2, -0.15) is 0 Å². The van der Waals surface area contributed by atoms with Crippen LogP contribution >= 0.6 is 15.9 Å². The quantitative estimate of drug-likeness (QED) is 0.830. The molecule has 1 aliphatic rings. The van der Waals surface area contributed by atoms with Crippen molar-refractivity contribution < 1.29 is 9.53 Å². The van der Waals surface area contributed by atoms with Crippen LogP contribution in [0.1, 0.15) is 19.0 Å². The van der Waals surface area contributed by atoms with Gasteiger partial charge < -0.3 is 4.74 Å². The van der Waals surface area contributed by atoms with Gasteiger partial charge in [-0.25, -0.2) is 0 Å². The van der Waals surface area contributed by atoms with E-state index in [0.717, 1.165) is 29.7 Å². The van der Waals surface area contributed by atoms with Crippen LogP contribution < -0.4 is 0 Å². The molecule has 2 heterocycles. The van der Waals surface area contributed by atoms with Gasteiger partial charge in [-0.05, 0) is 41.0 Å². The summed E-state index contributed by atoms with van der Waals surface area (Å²) in [5.41, 5.74) is 0.796. The van der Waals surface area contributed by atoms with Gasteiger partial charge in [-0.3, -0.25) is 14.7 Å². The highest BCUT2D eigenvalue weighted by molar-refractivity contribution is 9.10. The van der Waals surface area contributed by atoms with E-state index in [4.69, 9.17) is 4.74 Å². The predicted octanol–water partition coefficient (Wildman–Crippen LogP) is 2.07. The number of hydrogen-bond donors (Lipinski definition) is 0. The summed E-state index contributed by atoms with van der Waals surface area (Å²) in [4.78, 5) is 18.7. The zero-order valence-electron chi connectivity index (χ0n) is 11.1. The second-order valence-electron chi connectivity index (χ2n) is 4.77. The average molecular weight is 327 g/mol. The number of halogens is 1. The number of rotatable bonds is 5. The largest absolute Gasteiger partial charge is 0.368 e. The van der Waals surface area contributed by atoms with Crippen LogP contribution in [0.25, 0.3) is 0 Å². The smallest absolute Gasteiger partial charge is 0.168 e. The lowest BCUT2D eigenvalue weighted by Crippen LogP contribution is -2.46. The maximum absolute atomic E-state index is 12.2. The first-order valence-corrected chi connectivity index (χ1v) is 7.45. The van der Waals surface area contributed by atoms with Crippen molar-refractivity contribution in [3.05, 3.63) is 28.5 Å². The van der Waals surface area contributed by atoms with Gasteiger partial charge in [-0.1, -0.05) is 6.92 Å². The topological polar surface area (TPSA) is 42.4 Å². The van der Waals surface area contributed by atoms with Gasteiger partial charge in [0.15, 0.2) is 5.78 Å². The minimum absolute atomic E-state index is 0.121. The molecule has 104 valence electrons. The van der Waals surface area contributed by atoms with Crippen LogP contribution in [-0.4, -0.2) is 48.0 Å². The third kappa shape index (κ3) is 4.37. The molecule has 19 heavy (non-hydrogen) atoms. The number of ketones is 1. The summed E-state index contributed by atoms with van der Waals surface area (Å²) >= 11 is 3.33. The van der Waals surface area contributed by atoms with Crippen molar-refractivity contribution in [2.45, 2.75) is 25.9 Å². The van der Waals surface area contributed by atoms with Gasteiger partial charge >= 0.3 is 0 Å². The molecule has 0 aromatic carbocycles. The van der Waals surface area contributed by atoms with Crippen molar-refractivity contribution in [1.29, 1.82) is 0 Å². The number of carbonyl (C=O) groups excluding carboxylic acids is 1. The predicted molar refractivity (Wildman–Crippen MR) is 77.1 cm³/mol. The second-order valence-corrected chi connectivity index (χ2v) is 5.69. The van der Waals surface area contributed by atoms with Crippen LogP contribution in [0.15, 0.2) is 22.8 Å². The molecule has 1 atom stereocenters. The Morgan fingerprint density at radius 1 is 1.58 bits per heavy atom. The molecule has 1 aliphatic heterocycles. The first-order chi connectivity index (χ1) is 9.19. The lowest BCUT2D eigenvalue weighted by atomic mass is 10.1. The van der Waals surface area contributed by atoms with Gasteiger partial charge in [0.05, 0.1) is 13.0 Å². The van der Waals surface area contributed by atoms with E-state index in [-0.39, 0.29) is 11.9 Å². The average Bonchev–Trinajstić information content (AvgIpc) is 2.42. The Balaban J connectivity index is 1.90. The highest BCUT2D eigenvalue weighted by atomic mass is 79.9. The van der Waals surface area contributed by atoms with Crippen molar-refractivity contribution in [1.82, 2.24) is 9.88 Å². The van der Waals surface area contributed by atoms with Crippen molar-refractivity contribution in [3.8, 4) is 0 Å². The van der Waals surface area contributed by atoms with Crippen LogP contribution in [0.3, 0.4) is 0 Å². The molecule has 0 spiro atoms. The van der Waals surface area contributed by atoms with Gasteiger partial charge in [0.25, 0.3) is 0 Å². The normalized spacial score (nSPS) is 20.4.